The maximum atomic E-state index is 13.1. The maximum Gasteiger partial charge on any atom is 0.416 e. The van der Waals surface area contributed by atoms with Crippen LogP contribution in [0.1, 0.15) is 41.2 Å². The van der Waals surface area contributed by atoms with Crippen LogP contribution in [0.4, 0.5) is 19.1 Å². The molecule has 0 aliphatic heterocycles. The van der Waals surface area contributed by atoms with Crippen molar-refractivity contribution in [3.63, 3.8) is 0 Å². The number of carbonyl (C=O) groups excluding carboxylic acids is 1. The molecule has 0 saturated heterocycles. The molecule has 5 rings (SSSR count). The van der Waals surface area contributed by atoms with Crippen molar-refractivity contribution in [2.45, 2.75) is 32.5 Å². The molecular weight excluding hydrogens is 495 g/mol. The first-order valence-corrected chi connectivity index (χ1v) is 11.6. The number of hydrogen-bond acceptors (Lipinski definition) is 4. The Labute approximate surface area is 215 Å². The third-order valence-corrected chi connectivity index (χ3v) is 5.86. The molecule has 0 saturated carbocycles. The van der Waals surface area contributed by atoms with E-state index in [2.05, 4.69) is 32.1 Å². The van der Waals surface area contributed by atoms with Gasteiger partial charge < -0.3 is 14.5 Å². The van der Waals surface area contributed by atoms with Gasteiger partial charge in [-0.2, -0.15) is 13.2 Å². The summed E-state index contributed by atoms with van der Waals surface area (Å²) in [6, 6.07) is 13.6. The van der Waals surface area contributed by atoms with Crippen LogP contribution in [0.2, 0.25) is 0 Å². The SMILES string of the molecule is Cc1c(C#CC(C)(C)O)ccc2nc(C(=O)Nc3nc4cc(-c5cccc(C(F)(F)F)c5)ccc4[nH]3)cn12. The van der Waals surface area contributed by atoms with Crippen molar-refractivity contribution in [1.82, 2.24) is 19.4 Å². The number of pyridine rings is 1. The molecule has 0 atom stereocenters. The number of nitrogens with zero attached hydrogens (tertiary/aromatic N) is 3. The minimum absolute atomic E-state index is 0.158. The minimum Gasteiger partial charge on any atom is -0.378 e. The Morgan fingerprint density at radius 2 is 1.82 bits per heavy atom. The van der Waals surface area contributed by atoms with Gasteiger partial charge in [0.25, 0.3) is 5.91 Å². The smallest absolute Gasteiger partial charge is 0.378 e. The number of amides is 1. The van der Waals surface area contributed by atoms with Crippen molar-refractivity contribution in [3.05, 3.63) is 83.3 Å². The normalized spacial score (nSPS) is 12.0. The maximum absolute atomic E-state index is 13.1. The van der Waals surface area contributed by atoms with Crippen molar-refractivity contribution in [3.8, 4) is 23.0 Å². The second-order valence-corrected chi connectivity index (χ2v) is 9.35. The molecule has 0 radical (unpaired) electrons. The van der Waals surface area contributed by atoms with Crippen molar-refractivity contribution in [2.75, 3.05) is 5.32 Å². The number of aromatic nitrogens is 4. The van der Waals surface area contributed by atoms with Crippen LogP contribution in [0.5, 0.6) is 0 Å². The summed E-state index contributed by atoms with van der Waals surface area (Å²) in [6.45, 7) is 5.03. The van der Waals surface area contributed by atoms with E-state index in [1.54, 1.807) is 60.8 Å². The lowest BCUT2D eigenvalue weighted by Gasteiger charge is -2.08. The quantitative estimate of drug-likeness (QED) is 0.272. The summed E-state index contributed by atoms with van der Waals surface area (Å²) in [5.41, 5.74) is 2.35. The third-order valence-electron chi connectivity index (χ3n) is 5.86. The molecule has 2 aromatic carbocycles. The Balaban J connectivity index is 1.40. The Morgan fingerprint density at radius 3 is 2.55 bits per heavy atom. The number of anilines is 1. The lowest BCUT2D eigenvalue weighted by atomic mass is 10.0. The molecule has 7 nitrogen and oxygen atoms in total. The van der Waals surface area contributed by atoms with E-state index in [1.165, 1.54) is 6.07 Å². The zero-order chi connectivity index (χ0) is 27.2. The molecule has 0 bridgehead atoms. The largest absolute Gasteiger partial charge is 0.416 e. The van der Waals surface area contributed by atoms with Crippen LogP contribution < -0.4 is 5.32 Å². The summed E-state index contributed by atoms with van der Waals surface area (Å²) in [4.78, 5) is 24.7. The number of rotatable bonds is 3. The zero-order valence-corrected chi connectivity index (χ0v) is 20.6. The van der Waals surface area contributed by atoms with Crippen LogP contribution in [0.25, 0.3) is 27.8 Å². The van der Waals surface area contributed by atoms with Crippen LogP contribution in [0.15, 0.2) is 60.8 Å². The van der Waals surface area contributed by atoms with Crippen LogP contribution in [0.3, 0.4) is 0 Å². The first-order chi connectivity index (χ1) is 17.9. The van der Waals surface area contributed by atoms with E-state index < -0.39 is 23.2 Å². The first-order valence-electron chi connectivity index (χ1n) is 11.6. The number of hydrogen-bond donors (Lipinski definition) is 3. The van der Waals surface area contributed by atoms with Crippen molar-refractivity contribution >= 4 is 28.5 Å². The Hall–Kier alpha value is -4.62. The predicted octanol–water partition coefficient (Wildman–Crippen LogP) is 5.58. The molecule has 5 aromatic rings. The number of carbonyl (C=O) groups is 1. The zero-order valence-electron chi connectivity index (χ0n) is 20.6. The molecule has 1 amide bonds. The second kappa shape index (κ2) is 9.04. The Bertz CT molecular complexity index is 1760. The van der Waals surface area contributed by atoms with E-state index in [-0.39, 0.29) is 11.6 Å². The van der Waals surface area contributed by atoms with E-state index in [4.69, 9.17) is 0 Å². The number of benzene rings is 2. The minimum atomic E-state index is -4.44. The van der Waals surface area contributed by atoms with E-state index >= 15 is 0 Å². The van der Waals surface area contributed by atoms with Gasteiger partial charge in [0.15, 0.2) is 0 Å². The van der Waals surface area contributed by atoms with Gasteiger partial charge in [0.05, 0.1) is 16.6 Å². The van der Waals surface area contributed by atoms with Crippen molar-refractivity contribution in [1.29, 1.82) is 0 Å². The fraction of sp³-hybridized carbons (Fsp3) is 0.179. The highest BCUT2D eigenvalue weighted by molar-refractivity contribution is 6.03. The molecule has 0 fully saturated rings. The number of aromatic amines is 1. The fourth-order valence-corrected chi connectivity index (χ4v) is 3.94. The number of alkyl halides is 3. The van der Waals surface area contributed by atoms with Crippen molar-refractivity contribution in [2.24, 2.45) is 0 Å². The summed E-state index contributed by atoms with van der Waals surface area (Å²) >= 11 is 0. The molecule has 0 unspecified atom stereocenters. The van der Waals surface area contributed by atoms with Gasteiger partial charge in [-0.1, -0.05) is 30.0 Å². The van der Waals surface area contributed by atoms with E-state index in [9.17, 15) is 23.1 Å². The summed E-state index contributed by atoms with van der Waals surface area (Å²) in [5.74, 6) is 5.40. The standard InChI is InChI=1S/C28H22F3N5O2/c1-16-17(11-12-27(2,3)38)8-10-24-32-23(15-36(16)24)25(37)35-26-33-21-9-7-19(14-22(21)34-26)18-5-4-6-20(13-18)28(29,30)31/h4-10,13-15,38H,1-3H3,(H2,33,34,35,37). The lowest BCUT2D eigenvalue weighted by Crippen LogP contribution is -2.14. The Morgan fingerprint density at radius 1 is 1.05 bits per heavy atom. The molecule has 10 heteroatoms. The number of nitrogens with one attached hydrogen (secondary N) is 2. The van der Waals surface area contributed by atoms with Crippen LogP contribution in [0, 0.1) is 18.8 Å². The predicted molar refractivity (Wildman–Crippen MR) is 138 cm³/mol. The van der Waals surface area contributed by atoms with Gasteiger partial charge in [-0.15, -0.1) is 0 Å². The summed E-state index contributed by atoms with van der Waals surface area (Å²) in [6.07, 6.45) is -2.85. The molecule has 38 heavy (non-hydrogen) atoms. The molecule has 0 aliphatic carbocycles. The van der Waals surface area contributed by atoms with Crippen LogP contribution in [-0.2, 0) is 6.18 Å². The second-order valence-electron chi connectivity index (χ2n) is 9.35. The molecule has 3 aromatic heterocycles. The molecule has 3 heterocycles. The number of fused-ring (bicyclic) bond motifs is 2. The summed E-state index contributed by atoms with van der Waals surface area (Å²) in [7, 11) is 0. The molecule has 3 N–H and O–H groups in total. The topological polar surface area (TPSA) is 95.3 Å². The van der Waals surface area contributed by atoms with Gasteiger partial charge >= 0.3 is 6.18 Å². The number of imidazole rings is 2. The van der Waals surface area contributed by atoms with Gasteiger partial charge in [0.1, 0.15) is 16.9 Å². The van der Waals surface area contributed by atoms with Gasteiger partial charge in [-0.05, 0) is 68.3 Å². The molecular formula is C28H22F3N5O2. The third kappa shape index (κ3) is 5.10. The van der Waals surface area contributed by atoms with Crippen LogP contribution in [-0.4, -0.2) is 36.0 Å². The lowest BCUT2D eigenvalue weighted by molar-refractivity contribution is -0.137. The number of H-pyrrole nitrogens is 1. The number of aryl methyl sites for hydroxylation is 1. The summed E-state index contributed by atoms with van der Waals surface area (Å²) < 4.78 is 41.1. The summed E-state index contributed by atoms with van der Waals surface area (Å²) in [5, 5.41) is 12.6. The number of aliphatic hydroxyl groups is 1. The Kier molecular flexibility index (Phi) is 5.96. The molecule has 0 aliphatic rings. The van der Waals surface area contributed by atoms with Crippen molar-refractivity contribution < 1.29 is 23.1 Å². The average molecular weight is 518 g/mol. The average Bonchev–Trinajstić information content (AvgIpc) is 3.46. The van der Waals surface area contributed by atoms with Crippen LogP contribution >= 0.6 is 0 Å². The van der Waals surface area contributed by atoms with E-state index in [0.29, 0.717) is 33.4 Å². The highest BCUT2D eigenvalue weighted by Crippen LogP contribution is 2.33. The van der Waals surface area contributed by atoms with Gasteiger partial charge in [0.2, 0.25) is 5.95 Å². The molecule has 192 valence electrons. The van der Waals surface area contributed by atoms with Gasteiger partial charge in [-0.25, -0.2) is 9.97 Å². The van der Waals surface area contributed by atoms with Gasteiger partial charge in [0, 0.05) is 17.5 Å². The highest BCUT2D eigenvalue weighted by atomic mass is 19.4. The molecule has 0 spiro atoms. The first kappa shape index (κ1) is 25.0. The van der Waals surface area contributed by atoms with E-state index in [1.807, 2.05) is 6.92 Å². The fourth-order valence-electron chi connectivity index (χ4n) is 3.94. The monoisotopic (exact) mass is 517 g/mol. The van der Waals surface area contributed by atoms with Gasteiger partial charge in [-0.3, -0.25) is 10.1 Å². The van der Waals surface area contributed by atoms with E-state index in [0.717, 1.165) is 17.8 Å². The highest BCUT2D eigenvalue weighted by Gasteiger charge is 2.30. The number of halogens is 3.